The Morgan fingerprint density at radius 3 is 3.00 bits per heavy atom. The van der Waals surface area contributed by atoms with E-state index in [0.29, 0.717) is 6.04 Å². The summed E-state index contributed by atoms with van der Waals surface area (Å²) in [6, 6.07) is 5.77. The Morgan fingerprint density at radius 1 is 1.47 bits per heavy atom. The minimum Gasteiger partial charge on any atom is -0.368 e. The van der Waals surface area contributed by atoms with Gasteiger partial charge in [0.2, 0.25) is 0 Å². The van der Waals surface area contributed by atoms with Gasteiger partial charge in [-0.1, -0.05) is 6.07 Å². The van der Waals surface area contributed by atoms with E-state index in [-0.39, 0.29) is 5.82 Å². The van der Waals surface area contributed by atoms with Crippen LogP contribution >= 0.6 is 0 Å². The molecule has 1 aromatic carbocycles. The highest BCUT2D eigenvalue weighted by Crippen LogP contribution is 2.23. The van der Waals surface area contributed by atoms with Gasteiger partial charge in [0.05, 0.1) is 0 Å². The van der Waals surface area contributed by atoms with Crippen LogP contribution in [0, 0.1) is 12.7 Å². The van der Waals surface area contributed by atoms with Gasteiger partial charge in [0.15, 0.2) is 0 Å². The topological polar surface area (TPSA) is 15.3 Å². The summed E-state index contributed by atoms with van der Waals surface area (Å²) in [6.45, 7) is 6.87. The predicted molar refractivity (Wildman–Crippen MR) is 60.8 cm³/mol. The Balaban J connectivity index is 2.24. The molecule has 2 rings (SSSR count). The Hall–Kier alpha value is -1.09. The summed E-state index contributed by atoms with van der Waals surface area (Å²) in [4.78, 5) is 2.25. The molecular weight excluding hydrogens is 191 g/mol. The fourth-order valence-corrected chi connectivity index (χ4v) is 2.09. The molecule has 0 bridgehead atoms. The van der Waals surface area contributed by atoms with Gasteiger partial charge in [0.1, 0.15) is 5.82 Å². The normalized spacial score (nSPS) is 21.8. The third-order valence-electron chi connectivity index (χ3n) is 2.95. The van der Waals surface area contributed by atoms with E-state index in [9.17, 15) is 4.39 Å². The van der Waals surface area contributed by atoms with Crippen LogP contribution < -0.4 is 10.2 Å². The first-order valence-corrected chi connectivity index (χ1v) is 5.42. The van der Waals surface area contributed by atoms with E-state index in [4.69, 9.17) is 0 Å². The van der Waals surface area contributed by atoms with Crippen molar-refractivity contribution in [3.8, 4) is 0 Å². The van der Waals surface area contributed by atoms with Gasteiger partial charge in [-0.15, -0.1) is 0 Å². The van der Waals surface area contributed by atoms with Gasteiger partial charge in [0, 0.05) is 36.9 Å². The van der Waals surface area contributed by atoms with Gasteiger partial charge in [0.25, 0.3) is 0 Å². The molecule has 82 valence electrons. The largest absolute Gasteiger partial charge is 0.368 e. The molecule has 1 atom stereocenters. The third-order valence-corrected chi connectivity index (χ3v) is 2.95. The van der Waals surface area contributed by atoms with Crippen molar-refractivity contribution >= 4 is 5.69 Å². The lowest BCUT2D eigenvalue weighted by atomic mass is 10.1. The molecule has 0 radical (unpaired) electrons. The molecule has 1 heterocycles. The number of halogens is 1. The van der Waals surface area contributed by atoms with Crippen molar-refractivity contribution in [1.82, 2.24) is 5.32 Å². The molecule has 1 unspecified atom stereocenters. The molecule has 1 aromatic rings. The van der Waals surface area contributed by atoms with Gasteiger partial charge in [-0.25, -0.2) is 4.39 Å². The zero-order chi connectivity index (χ0) is 10.8. The molecule has 3 heteroatoms. The first-order chi connectivity index (χ1) is 7.18. The third kappa shape index (κ3) is 2.12. The number of rotatable bonds is 1. The molecular formula is C12H17FN2. The number of nitrogens with one attached hydrogen (secondary N) is 1. The van der Waals surface area contributed by atoms with E-state index < -0.39 is 0 Å². The number of hydrogen-bond donors (Lipinski definition) is 1. The van der Waals surface area contributed by atoms with Crippen molar-refractivity contribution in [3.05, 3.63) is 29.6 Å². The van der Waals surface area contributed by atoms with E-state index >= 15 is 0 Å². The van der Waals surface area contributed by atoms with Gasteiger partial charge in [-0.3, -0.25) is 0 Å². The number of piperazine rings is 1. The molecule has 0 amide bonds. The second kappa shape index (κ2) is 4.19. The molecule has 2 nitrogen and oxygen atoms in total. The van der Waals surface area contributed by atoms with E-state index in [1.54, 1.807) is 6.07 Å². The molecule has 1 N–H and O–H groups in total. The van der Waals surface area contributed by atoms with Crippen LogP contribution in [0.5, 0.6) is 0 Å². The van der Waals surface area contributed by atoms with Crippen LogP contribution in [-0.4, -0.2) is 25.7 Å². The van der Waals surface area contributed by atoms with Crippen molar-refractivity contribution in [3.63, 3.8) is 0 Å². The summed E-state index contributed by atoms with van der Waals surface area (Å²) >= 11 is 0. The lowest BCUT2D eigenvalue weighted by Crippen LogP contribution is -2.49. The van der Waals surface area contributed by atoms with Crippen molar-refractivity contribution in [2.75, 3.05) is 24.5 Å². The minimum absolute atomic E-state index is 0.112. The Morgan fingerprint density at radius 2 is 2.27 bits per heavy atom. The quantitative estimate of drug-likeness (QED) is 0.758. The first-order valence-electron chi connectivity index (χ1n) is 5.42. The molecule has 1 aliphatic heterocycles. The summed E-state index contributed by atoms with van der Waals surface area (Å²) in [5.41, 5.74) is 1.79. The van der Waals surface area contributed by atoms with Crippen LogP contribution in [0.4, 0.5) is 10.1 Å². The highest BCUT2D eigenvalue weighted by molar-refractivity contribution is 5.54. The fraction of sp³-hybridized carbons (Fsp3) is 0.500. The van der Waals surface area contributed by atoms with Gasteiger partial charge in [-0.05, 0) is 26.0 Å². The predicted octanol–water partition coefficient (Wildman–Crippen LogP) is 1.93. The molecule has 1 aliphatic rings. The number of anilines is 1. The van der Waals surface area contributed by atoms with E-state index in [0.717, 1.165) is 30.9 Å². The van der Waals surface area contributed by atoms with E-state index in [1.165, 1.54) is 6.07 Å². The van der Waals surface area contributed by atoms with Crippen LogP contribution in [0.25, 0.3) is 0 Å². The Bertz CT molecular complexity index is 351. The van der Waals surface area contributed by atoms with Crippen molar-refractivity contribution in [1.29, 1.82) is 0 Å². The van der Waals surface area contributed by atoms with Crippen molar-refractivity contribution in [2.45, 2.75) is 19.9 Å². The van der Waals surface area contributed by atoms with Crippen LogP contribution in [-0.2, 0) is 0 Å². The van der Waals surface area contributed by atoms with Crippen LogP contribution in [0.2, 0.25) is 0 Å². The summed E-state index contributed by atoms with van der Waals surface area (Å²) in [5, 5.41) is 3.38. The van der Waals surface area contributed by atoms with E-state index in [2.05, 4.69) is 17.1 Å². The van der Waals surface area contributed by atoms with Gasteiger partial charge < -0.3 is 10.2 Å². The maximum Gasteiger partial charge on any atom is 0.128 e. The van der Waals surface area contributed by atoms with Crippen LogP contribution in [0.3, 0.4) is 0 Å². The maximum absolute atomic E-state index is 13.4. The van der Waals surface area contributed by atoms with Gasteiger partial charge in [-0.2, -0.15) is 0 Å². The lowest BCUT2D eigenvalue weighted by Gasteiger charge is -2.34. The smallest absolute Gasteiger partial charge is 0.128 e. The molecule has 15 heavy (non-hydrogen) atoms. The Kier molecular flexibility index (Phi) is 2.91. The van der Waals surface area contributed by atoms with Crippen LogP contribution in [0.1, 0.15) is 12.5 Å². The highest BCUT2D eigenvalue weighted by atomic mass is 19.1. The second-order valence-electron chi connectivity index (χ2n) is 4.19. The molecule has 0 saturated carbocycles. The highest BCUT2D eigenvalue weighted by Gasteiger charge is 2.17. The second-order valence-corrected chi connectivity index (χ2v) is 4.19. The molecule has 0 aromatic heterocycles. The summed E-state index contributed by atoms with van der Waals surface area (Å²) in [6.07, 6.45) is 0. The molecule has 1 fully saturated rings. The maximum atomic E-state index is 13.4. The molecule has 1 saturated heterocycles. The zero-order valence-corrected chi connectivity index (χ0v) is 9.26. The summed E-state index contributed by atoms with van der Waals surface area (Å²) in [5.74, 6) is -0.112. The summed E-state index contributed by atoms with van der Waals surface area (Å²) in [7, 11) is 0. The SMILES string of the molecule is Cc1c(F)cccc1N1CCNC(C)C1. The standard InChI is InChI=1S/C12H17FN2/c1-9-8-15(7-6-14-9)12-5-3-4-11(13)10(12)2/h3-5,9,14H,6-8H2,1-2H3. The monoisotopic (exact) mass is 208 g/mol. The average molecular weight is 208 g/mol. The fourth-order valence-electron chi connectivity index (χ4n) is 2.09. The van der Waals surface area contributed by atoms with E-state index in [1.807, 2.05) is 13.0 Å². The summed E-state index contributed by atoms with van der Waals surface area (Å²) < 4.78 is 13.4. The molecule has 0 aliphatic carbocycles. The van der Waals surface area contributed by atoms with Crippen molar-refractivity contribution < 1.29 is 4.39 Å². The number of nitrogens with zero attached hydrogens (tertiary/aromatic N) is 1. The first kappa shape index (κ1) is 10.4. The number of benzene rings is 1. The average Bonchev–Trinajstić information content (AvgIpc) is 2.22. The molecule has 0 spiro atoms. The zero-order valence-electron chi connectivity index (χ0n) is 9.26. The van der Waals surface area contributed by atoms with Gasteiger partial charge >= 0.3 is 0 Å². The van der Waals surface area contributed by atoms with Crippen LogP contribution in [0.15, 0.2) is 18.2 Å². The Labute approximate surface area is 90.1 Å². The lowest BCUT2D eigenvalue weighted by molar-refractivity contribution is 0.483. The minimum atomic E-state index is -0.112. The number of hydrogen-bond acceptors (Lipinski definition) is 2. The van der Waals surface area contributed by atoms with Crippen molar-refractivity contribution in [2.24, 2.45) is 0 Å².